The summed E-state index contributed by atoms with van der Waals surface area (Å²) in [5, 5.41) is 79.5. The molecule has 0 aromatic carbocycles. The summed E-state index contributed by atoms with van der Waals surface area (Å²) >= 11 is 0. The van der Waals surface area contributed by atoms with E-state index in [1.807, 2.05) is 32.9 Å². The molecule has 366 valence electrons. The summed E-state index contributed by atoms with van der Waals surface area (Å²) in [5.74, 6) is -4.66. The van der Waals surface area contributed by atoms with Crippen molar-refractivity contribution in [1.82, 2.24) is 0 Å². The molecule has 0 radical (unpaired) electrons. The first-order valence-electron chi connectivity index (χ1n) is 21.8. The van der Waals surface area contributed by atoms with E-state index < -0.39 is 109 Å². The van der Waals surface area contributed by atoms with Gasteiger partial charge in [0.2, 0.25) is 5.79 Å². The van der Waals surface area contributed by atoms with E-state index in [1.165, 1.54) is 61.5 Å². The number of esters is 1. The Morgan fingerprint density at radius 1 is 0.875 bits per heavy atom. The van der Waals surface area contributed by atoms with Crippen molar-refractivity contribution in [3.63, 3.8) is 0 Å². The van der Waals surface area contributed by atoms with Crippen LogP contribution < -0.4 is 0 Å². The van der Waals surface area contributed by atoms with Crippen LogP contribution in [0.5, 0.6) is 0 Å². The Morgan fingerprint density at radius 2 is 1.55 bits per heavy atom. The zero-order valence-corrected chi connectivity index (χ0v) is 39.8. The van der Waals surface area contributed by atoms with Crippen LogP contribution in [0.4, 0.5) is 0 Å². The van der Waals surface area contributed by atoms with Crippen LogP contribution in [0.2, 0.25) is 0 Å². The van der Waals surface area contributed by atoms with Crippen molar-refractivity contribution in [3.05, 3.63) is 70.1 Å². The molecule has 0 spiro atoms. The molecule has 3 aliphatic rings. The lowest BCUT2D eigenvalue weighted by Gasteiger charge is -2.54. The van der Waals surface area contributed by atoms with Gasteiger partial charge in [-0.25, -0.2) is 4.79 Å². The molecule has 3 aliphatic heterocycles. The number of allylic oxidation sites excluding steroid dienone is 5. The van der Waals surface area contributed by atoms with Crippen LogP contribution in [0.3, 0.4) is 0 Å². The van der Waals surface area contributed by atoms with Crippen molar-refractivity contribution in [1.29, 1.82) is 0 Å². The minimum Gasteiger partial charge on any atom is -0.497 e. The van der Waals surface area contributed by atoms with Crippen molar-refractivity contribution in [2.24, 2.45) is 11.8 Å². The summed E-state index contributed by atoms with van der Waals surface area (Å²) in [5.41, 5.74) is 0.700. The second kappa shape index (κ2) is 24.8. The fourth-order valence-corrected chi connectivity index (χ4v) is 8.71. The molecule has 7 N–H and O–H groups in total. The van der Waals surface area contributed by atoms with Gasteiger partial charge in [0.1, 0.15) is 48.0 Å². The summed E-state index contributed by atoms with van der Waals surface area (Å²) in [4.78, 5) is 14.1. The van der Waals surface area contributed by atoms with Crippen LogP contribution in [-0.2, 0) is 47.4 Å². The van der Waals surface area contributed by atoms with Gasteiger partial charge in [-0.05, 0) is 77.7 Å². The molecular formula is C47H76O17. The van der Waals surface area contributed by atoms with Gasteiger partial charge in [-0.2, -0.15) is 0 Å². The van der Waals surface area contributed by atoms with Gasteiger partial charge in [0.25, 0.3) is 0 Å². The summed E-state index contributed by atoms with van der Waals surface area (Å²) < 4.78 is 52.4. The van der Waals surface area contributed by atoms with Crippen LogP contribution in [0.25, 0.3) is 0 Å². The summed E-state index contributed by atoms with van der Waals surface area (Å²) in [6.45, 7) is 13.4. The highest BCUT2D eigenvalue weighted by Crippen LogP contribution is 2.44. The number of cyclic esters (lactones) is 1. The molecule has 0 saturated carbocycles. The third-order valence-electron chi connectivity index (χ3n) is 12.5. The Hall–Kier alpha value is -2.85. The lowest BCUT2D eigenvalue weighted by atomic mass is 9.75. The van der Waals surface area contributed by atoms with Gasteiger partial charge < -0.3 is 78.4 Å². The minimum atomic E-state index is -2.34. The first kappa shape index (κ1) is 55.5. The van der Waals surface area contributed by atoms with Gasteiger partial charge in [-0.15, -0.1) is 0 Å². The zero-order chi connectivity index (χ0) is 48.3. The number of ether oxygens (including phenoxy) is 9. The fourth-order valence-electron chi connectivity index (χ4n) is 8.71. The Bertz CT molecular complexity index is 1700. The van der Waals surface area contributed by atoms with Crippen molar-refractivity contribution in [3.8, 4) is 0 Å². The molecule has 2 fully saturated rings. The molecule has 17 nitrogen and oxygen atoms in total. The number of carbonyl (C=O) groups excluding carboxylic acids is 1. The molecule has 3 heterocycles. The predicted molar refractivity (Wildman–Crippen MR) is 235 cm³/mol. The van der Waals surface area contributed by atoms with E-state index >= 15 is 0 Å². The van der Waals surface area contributed by atoms with E-state index in [4.69, 9.17) is 42.6 Å². The Morgan fingerprint density at radius 3 is 2.12 bits per heavy atom. The van der Waals surface area contributed by atoms with Crippen LogP contribution in [-0.4, -0.2) is 175 Å². The van der Waals surface area contributed by atoms with Crippen LogP contribution in [0.1, 0.15) is 74.7 Å². The average molecular weight is 913 g/mol. The molecule has 0 aromatic rings. The van der Waals surface area contributed by atoms with E-state index in [0.29, 0.717) is 29.7 Å². The SMILES string of the molecule is COCCC[C@H]1O[C@@](O)([C@@H](C)C2CC(OC)C(O)\C=C(C)/C=C(C)/C=C(\C)C(O[C@H]3O[C@H](C)[C@@H](OC)[C@H](O)[C@H]3O)C(C)/C=C(CO)/C=C(OC)/C=C(\C)C(=O)O2)[C@H](OC)[C@@H](O)[C@]1(C)O. The maximum absolute atomic E-state index is 14.1. The molecule has 0 aromatic heterocycles. The molecule has 0 aliphatic carbocycles. The molecule has 5 unspecified atom stereocenters. The second-order valence-electron chi connectivity index (χ2n) is 17.5. The number of hydrogen-bond acceptors (Lipinski definition) is 17. The smallest absolute Gasteiger partial charge is 0.334 e. The standard InChI is InChI=1S/C47H76O17/c1-25-17-26(2)19-34(49)36(58-11)23-35(30(6)47(55)43(60-13)42(52)46(8,54)37(64-47)15-14-16-56-9)62-44(53)29(5)21-33(57-10)22-32(24-48)20-28(4)40(27(3)18-25)63-45-39(51)38(50)41(59-12)31(7)61-45/h17-22,28,30-31,34-43,45,48-52,54-55H,14-16,23-24H2,1-13H3/b25-17+,26-19-,27-18+,29-21+,32-20-,33-22-/t28?,30-,31+,34?,35?,36?,37+,38+,39+,40?,41+,42+,43+,45+,46+,47-/m0/s1. The normalized spacial score (nSPS) is 43.2. The quantitative estimate of drug-likeness (QED) is 0.104. The van der Waals surface area contributed by atoms with E-state index in [-0.39, 0.29) is 24.2 Å². The lowest BCUT2D eigenvalue weighted by Crippen LogP contribution is -2.72. The Kier molecular flexibility index (Phi) is 21.5. The number of aliphatic hydroxyl groups excluding tert-OH is 5. The van der Waals surface area contributed by atoms with Crippen LogP contribution in [0.15, 0.2) is 70.1 Å². The number of aliphatic hydroxyl groups is 7. The van der Waals surface area contributed by atoms with Crippen molar-refractivity contribution in [2.45, 2.75) is 159 Å². The topological polar surface area (TPSA) is 242 Å². The first-order chi connectivity index (χ1) is 30.0. The second-order valence-corrected chi connectivity index (χ2v) is 17.5. The van der Waals surface area contributed by atoms with E-state index in [9.17, 15) is 40.5 Å². The van der Waals surface area contributed by atoms with E-state index in [2.05, 4.69) is 0 Å². The third kappa shape index (κ3) is 13.6. The number of methoxy groups -OCH3 is 5. The van der Waals surface area contributed by atoms with Gasteiger partial charge in [-0.3, -0.25) is 0 Å². The molecule has 2 saturated heterocycles. The molecule has 16 atom stereocenters. The van der Waals surface area contributed by atoms with Crippen molar-refractivity contribution < 1.29 is 83.2 Å². The molecule has 64 heavy (non-hydrogen) atoms. The van der Waals surface area contributed by atoms with Crippen molar-refractivity contribution >= 4 is 5.97 Å². The maximum atomic E-state index is 14.1. The van der Waals surface area contributed by atoms with Gasteiger partial charge in [0, 0.05) is 53.0 Å². The zero-order valence-electron chi connectivity index (χ0n) is 39.8. The molecular weight excluding hydrogens is 836 g/mol. The number of hydrogen-bond donors (Lipinski definition) is 7. The Labute approximate surface area is 378 Å². The highest BCUT2D eigenvalue weighted by molar-refractivity contribution is 5.88. The van der Waals surface area contributed by atoms with Gasteiger partial charge in [0.05, 0.1) is 50.2 Å². The largest absolute Gasteiger partial charge is 0.497 e. The Balaban J connectivity index is 2.19. The molecule has 3 rings (SSSR count). The lowest BCUT2D eigenvalue weighted by molar-refractivity contribution is -0.393. The number of rotatable bonds is 13. The van der Waals surface area contributed by atoms with Crippen LogP contribution in [0, 0.1) is 11.8 Å². The van der Waals surface area contributed by atoms with Gasteiger partial charge in [-0.1, -0.05) is 49.3 Å². The van der Waals surface area contributed by atoms with Gasteiger partial charge >= 0.3 is 5.97 Å². The predicted octanol–water partition coefficient (Wildman–Crippen LogP) is 2.69. The monoisotopic (exact) mass is 913 g/mol. The highest BCUT2D eigenvalue weighted by Gasteiger charge is 2.62. The molecule has 0 amide bonds. The minimum absolute atomic E-state index is 0.0571. The number of carbonyl (C=O) groups is 1. The summed E-state index contributed by atoms with van der Waals surface area (Å²) in [6, 6.07) is 0. The molecule has 17 heteroatoms. The highest BCUT2D eigenvalue weighted by atomic mass is 16.7. The summed E-state index contributed by atoms with van der Waals surface area (Å²) in [7, 11) is 6.98. The first-order valence-corrected chi connectivity index (χ1v) is 21.8. The van der Waals surface area contributed by atoms with Gasteiger partial charge in [0.15, 0.2) is 6.29 Å². The third-order valence-corrected chi connectivity index (χ3v) is 12.5. The van der Waals surface area contributed by atoms with E-state index in [1.54, 1.807) is 32.9 Å². The maximum Gasteiger partial charge on any atom is 0.334 e. The fraction of sp³-hybridized carbons (Fsp3) is 0.723. The molecule has 0 bridgehead atoms. The van der Waals surface area contributed by atoms with Crippen LogP contribution >= 0.6 is 0 Å². The van der Waals surface area contributed by atoms with Crippen molar-refractivity contribution in [2.75, 3.05) is 48.8 Å². The summed E-state index contributed by atoms with van der Waals surface area (Å²) in [6.07, 6.45) is -3.49. The average Bonchev–Trinajstić information content (AvgIpc) is 3.23. The van der Waals surface area contributed by atoms with E-state index in [0.717, 1.165) is 5.57 Å².